The fourth-order valence-corrected chi connectivity index (χ4v) is 1.35. The molecule has 15 heavy (non-hydrogen) atoms. The van der Waals surface area contributed by atoms with E-state index in [1.54, 1.807) is 18.3 Å². The molecular weight excluding hydrogens is 190 g/mol. The third-order valence-corrected chi connectivity index (χ3v) is 1.99. The van der Waals surface area contributed by atoms with E-state index in [1.807, 2.05) is 30.3 Å². The molecule has 0 unspecified atom stereocenters. The Morgan fingerprint density at radius 1 is 1.07 bits per heavy atom. The van der Waals surface area contributed by atoms with E-state index in [1.165, 1.54) is 0 Å². The second kappa shape index (κ2) is 4.37. The standard InChI is InChI=1S/C12H9NO2/c14-9-15-11-7-4-8-13-12(11)10-5-2-1-3-6-10/h1-9H. The largest absolute Gasteiger partial charge is 0.426 e. The number of ether oxygens (including phenoxy) is 1. The molecule has 0 aliphatic carbocycles. The molecule has 0 bridgehead atoms. The number of rotatable bonds is 3. The highest BCUT2D eigenvalue weighted by Gasteiger charge is 2.05. The van der Waals surface area contributed by atoms with Crippen molar-refractivity contribution in [3.63, 3.8) is 0 Å². The third kappa shape index (κ3) is 2.02. The number of aromatic nitrogens is 1. The van der Waals surface area contributed by atoms with Crippen LogP contribution in [-0.4, -0.2) is 11.5 Å². The van der Waals surface area contributed by atoms with Gasteiger partial charge in [0.1, 0.15) is 5.69 Å². The molecule has 2 aromatic rings. The highest BCUT2D eigenvalue weighted by atomic mass is 16.5. The Labute approximate surface area is 87.3 Å². The third-order valence-electron chi connectivity index (χ3n) is 1.99. The molecule has 3 heteroatoms. The van der Waals surface area contributed by atoms with E-state index in [9.17, 15) is 4.79 Å². The van der Waals surface area contributed by atoms with Crippen molar-refractivity contribution >= 4 is 6.47 Å². The summed E-state index contributed by atoms with van der Waals surface area (Å²) >= 11 is 0. The van der Waals surface area contributed by atoms with Gasteiger partial charge in [-0.3, -0.25) is 9.78 Å². The maximum Gasteiger partial charge on any atom is 0.298 e. The molecule has 74 valence electrons. The quantitative estimate of drug-likeness (QED) is 0.712. The van der Waals surface area contributed by atoms with Gasteiger partial charge in [-0.1, -0.05) is 30.3 Å². The van der Waals surface area contributed by atoms with Crippen molar-refractivity contribution in [2.45, 2.75) is 0 Å². The van der Waals surface area contributed by atoms with Crippen LogP contribution in [0.25, 0.3) is 11.3 Å². The van der Waals surface area contributed by atoms with Crippen LogP contribution >= 0.6 is 0 Å². The van der Waals surface area contributed by atoms with Crippen molar-refractivity contribution in [1.29, 1.82) is 0 Å². The summed E-state index contributed by atoms with van der Waals surface area (Å²) in [5.41, 5.74) is 1.60. The van der Waals surface area contributed by atoms with Gasteiger partial charge in [-0.2, -0.15) is 0 Å². The molecule has 0 N–H and O–H groups in total. The van der Waals surface area contributed by atoms with Gasteiger partial charge < -0.3 is 4.74 Å². The molecule has 1 heterocycles. The SMILES string of the molecule is O=COc1cccnc1-c1ccccc1. The Bertz CT molecular complexity index is 454. The van der Waals surface area contributed by atoms with Crippen LogP contribution in [0.15, 0.2) is 48.7 Å². The summed E-state index contributed by atoms with van der Waals surface area (Å²) in [6.45, 7) is 0.406. The van der Waals surface area contributed by atoms with E-state index in [0.29, 0.717) is 17.9 Å². The lowest BCUT2D eigenvalue weighted by Crippen LogP contribution is -1.93. The summed E-state index contributed by atoms with van der Waals surface area (Å²) in [6.07, 6.45) is 1.67. The van der Waals surface area contributed by atoms with E-state index in [0.717, 1.165) is 5.56 Å². The lowest BCUT2D eigenvalue weighted by atomic mass is 10.1. The van der Waals surface area contributed by atoms with Crippen LogP contribution < -0.4 is 4.74 Å². The summed E-state index contributed by atoms with van der Waals surface area (Å²) in [7, 11) is 0. The number of hydrogen-bond donors (Lipinski definition) is 0. The van der Waals surface area contributed by atoms with Crippen LogP contribution in [0.3, 0.4) is 0 Å². The van der Waals surface area contributed by atoms with Gasteiger partial charge in [-0.15, -0.1) is 0 Å². The predicted molar refractivity (Wildman–Crippen MR) is 56.4 cm³/mol. The van der Waals surface area contributed by atoms with Gasteiger partial charge in [0.25, 0.3) is 6.47 Å². The lowest BCUT2D eigenvalue weighted by molar-refractivity contribution is -0.120. The van der Waals surface area contributed by atoms with Gasteiger partial charge in [-0.25, -0.2) is 0 Å². The van der Waals surface area contributed by atoms with Crippen LogP contribution in [-0.2, 0) is 4.79 Å². The summed E-state index contributed by atoms with van der Waals surface area (Å²) in [5, 5.41) is 0. The van der Waals surface area contributed by atoms with Gasteiger partial charge >= 0.3 is 0 Å². The minimum absolute atomic E-state index is 0.406. The monoisotopic (exact) mass is 199 g/mol. The van der Waals surface area contributed by atoms with Gasteiger partial charge in [0.15, 0.2) is 5.75 Å². The van der Waals surface area contributed by atoms with Gasteiger partial charge in [0.2, 0.25) is 0 Å². The molecule has 0 amide bonds. The minimum atomic E-state index is 0.406. The maximum atomic E-state index is 10.3. The topological polar surface area (TPSA) is 39.2 Å². The zero-order valence-electron chi connectivity index (χ0n) is 7.96. The van der Waals surface area contributed by atoms with Crippen molar-refractivity contribution in [3.05, 3.63) is 48.7 Å². The van der Waals surface area contributed by atoms with E-state index < -0.39 is 0 Å². The fraction of sp³-hybridized carbons (Fsp3) is 0. The van der Waals surface area contributed by atoms with Crippen LogP contribution in [0, 0.1) is 0 Å². The first kappa shape index (κ1) is 9.40. The lowest BCUT2D eigenvalue weighted by Gasteiger charge is -2.05. The van der Waals surface area contributed by atoms with Crippen molar-refractivity contribution in [3.8, 4) is 17.0 Å². The van der Waals surface area contributed by atoms with Gasteiger partial charge in [0, 0.05) is 11.8 Å². The average Bonchev–Trinajstić information content (AvgIpc) is 2.31. The first-order valence-electron chi connectivity index (χ1n) is 4.52. The van der Waals surface area contributed by atoms with Crippen LogP contribution in [0.4, 0.5) is 0 Å². The van der Waals surface area contributed by atoms with Gasteiger partial charge in [-0.05, 0) is 12.1 Å². The Morgan fingerprint density at radius 2 is 1.87 bits per heavy atom. The summed E-state index contributed by atoms with van der Waals surface area (Å²) in [4.78, 5) is 14.5. The molecule has 0 fully saturated rings. The zero-order valence-corrected chi connectivity index (χ0v) is 7.96. The number of carbonyl (C=O) groups excluding carboxylic acids is 1. The van der Waals surface area contributed by atoms with E-state index in [4.69, 9.17) is 4.74 Å². The molecule has 0 saturated carbocycles. The molecule has 1 aromatic carbocycles. The van der Waals surface area contributed by atoms with Crippen LogP contribution in [0.2, 0.25) is 0 Å². The van der Waals surface area contributed by atoms with E-state index in [2.05, 4.69) is 4.98 Å². The van der Waals surface area contributed by atoms with E-state index >= 15 is 0 Å². The highest BCUT2D eigenvalue weighted by molar-refractivity contribution is 5.67. The Hall–Kier alpha value is -2.16. The molecule has 0 saturated heterocycles. The first-order chi connectivity index (χ1) is 7.42. The van der Waals surface area contributed by atoms with Gasteiger partial charge in [0.05, 0.1) is 0 Å². The summed E-state index contributed by atoms with van der Waals surface area (Å²) in [5.74, 6) is 0.471. The average molecular weight is 199 g/mol. The Kier molecular flexibility index (Phi) is 2.74. The molecule has 2 rings (SSSR count). The number of carbonyl (C=O) groups is 1. The molecule has 3 nitrogen and oxygen atoms in total. The Morgan fingerprint density at radius 3 is 2.60 bits per heavy atom. The van der Waals surface area contributed by atoms with Crippen molar-refractivity contribution < 1.29 is 9.53 Å². The Balaban J connectivity index is 2.48. The van der Waals surface area contributed by atoms with Crippen LogP contribution in [0.5, 0.6) is 5.75 Å². The fourth-order valence-electron chi connectivity index (χ4n) is 1.35. The normalized spacial score (nSPS) is 9.60. The molecule has 0 spiro atoms. The molecular formula is C12H9NO2. The molecule has 0 atom stereocenters. The predicted octanol–water partition coefficient (Wildman–Crippen LogP) is 2.28. The summed E-state index contributed by atoms with van der Waals surface area (Å²) < 4.78 is 4.85. The second-order valence-electron chi connectivity index (χ2n) is 2.93. The second-order valence-corrected chi connectivity index (χ2v) is 2.93. The highest BCUT2D eigenvalue weighted by Crippen LogP contribution is 2.26. The number of nitrogens with zero attached hydrogens (tertiary/aromatic N) is 1. The number of hydrogen-bond acceptors (Lipinski definition) is 3. The summed E-state index contributed by atoms with van der Waals surface area (Å²) in [6, 6.07) is 13.0. The minimum Gasteiger partial charge on any atom is -0.426 e. The molecule has 0 radical (unpaired) electrons. The van der Waals surface area contributed by atoms with Crippen molar-refractivity contribution in [2.24, 2.45) is 0 Å². The molecule has 1 aromatic heterocycles. The van der Waals surface area contributed by atoms with Crippen molar-refractivity contribution in [1.82, 2.24) is 4.98 Å². The van der Waals surface area contributed by atoms with Crippen LogP contribution in [0.1, 0.15) is 0 Å². The maximum absolute atomic E-state index is 10.3. The smallest absolute Gasteiger partial charge is 0.298 e. The van der Waals surface area contributed by atoms with E-state index in [-0.39, 0.29) is 0 Å². The van der Waals surface area contributed by atoms with Crippen molar-refractivity contribution in [2.75, 3.05) is 0 Å². The molecule has 0 aliphatic rings. The zero-order chi connectivity index (χ0) is 10.5. The molecule has 0 aliphatic heterocycles. The first-order valence-corrected chi connectivity index (χ1v) is 4.52. The number of benzene rings is 1. The number of pyridine rings is 1.